The maximum Gasteiger partial charge on any atom is 0.0985 e. The van der Waals surface area contributed by atoms with Crippen LogP contribution in [-0.4, -0.2) is 17.3 Å². The molecule has 0 atom stereocenters. The number of aliphatic imine (C=N–C) groups is 1. The standard InChI is InChI=1S/C12H17NS2/c1-8(2)13-12(14-5)10(4)11-7-6-9(3)15-11/h6-8H,4H2,1-3,5H3. The number of aryl methyl sites for hydroxylation is 1. The minimum absolute atomic E-state index is 0.324. The smallest absolute Gasteiger partial charge is 0.0985 e. The van der Waals surface area contributed by atoms with Crippen LogP contribution in [0.5, 0.6) is 0 Å². The quantitative estimate of drug-likeness (QED) is 0.567. The lowest BCUT2D eigenvalue weighted by Crippen LogP contribution is -1.99. The molecule has 82 valence electrons. The van der Waals surface area contributed by atoms with Crippen molar-refractivity contribution in [2.45, 2.75) is 26.8 Å². The highest BCUT2D eigenvalue weighted by atomic mass is 32.2. The van der Waals surface area contributed by atoms with Crippen molar-refractivity contribution in [1.82, 2.24) is 0 Å². The lowest BCUT2D eigenvalue weighted by molar-refractivity contribution is 0.841. The van der Waals surface area contributed by atoms with E-state index in [0.29, 0.717) is 6.04 Å². The van der Waals surface area contributed by atoms with Crippen LogP contribution in [-0.2, 0) is 0 Å². The average Bonchev–Trinajstić information content (AvgIpc) is 2.60. The van der Waals surface area contributed by atoms with Gasteiger partial charge in [-0.3, -0.25) is 4.99 Å². The molecule has 1 nitrogen and oxygen atoms in total. The topological polar surface area (TPSA) is 12.4 Å². The Morgan fingerprint density at radius 2 is 2.13 bits per heavy atom. The van der Waals surface area contributed by atoms with Gasteiger partial charge in [-0.15, -0.1) is 23.1 Å². The van der Waals surface area contributed by atoms with Gasteiger partial charge < -0.3 is 0 Å². The molecule has 0 spiro atoms. The van der Waals surface area contributed by atoms with Gasteiger partial charge in [0.2, 0.25) is 0 Å². The van der Waals surface area contributed by atoms with Gasteiger partial charge in [-0.1, -0.05) is 6.58 Å². The van der Waals surface area contributed by atoms with Crippen molar-refractivity contribution in [2.24, 2.45) is 4.99 Å². The van der Waals surface area contributed by atoms with E-state index in [2.05, 4.69) is 44.5 Å². The molecule has 0 N–H and O–H groups in total. The summed E-state index contributed by atoms with van der Waals surface area (Å²) in [4.78, 5) is 7.11. The van der Waals surface area contributed by atoms with Gasteiger partial charge in [-0.25, -0.2) is 0 Å². The number of nitrogens with zero attached hydrogens (tertiary/aromatic N) is 1. The van der Waals surface area contributed by atoms with E-state index in [1.54, 1.807) is 23.1 Å². The van der Waals surface area contributed by atoms with Gasteiger partial charge >= 0.3 is 0 Å². The van der Waals surface area contributed by atoms with E-state index < -0.39 is 0 Å². The summed E-state index contributed by atoms with van der Waals surface area (Å²) in [5.41, 5.74) is 1.05. The molecular weight excluding hydrogens is 222 g/mol. The second-order valence-electron chi connectivity index (χ2n) is 3.62. The molecule has 0 saturated heterocycles. The van der Waals surface area contributed by atoms with E-state index in [1.165, 1.54) is 9.75 Å². The molecule has 0 fully saturated rings. The predicted octanol–water partition coefficient (Wildman–Crippen LogP) is 4.24. The number of thioether (sulfide) groups is 1. The Labute approximate surface area is 100 Å². The molecule has 0 aliphatic carbocycles. The van der Waals surface area contributed by atoms with Crippen LogP contribution < -0.4 is 0 Å². The van der Waals surface area contributed by atoms with Crippen LogP contribution in [0.25, 0.3) is 5.57 Å². The number of hydrogen-bond acceptors (Lipinski definition) is 3. The molecule has 15 heavy (non-hydrogen) atoms. The summed E-state index contributed by atoms with van der Waals surface area (Å²) in [6.07, 6.45) is 2.05. The first kappa shape index (κ1) is 12.5. The Hall–Kier alpha value is -0.540. The summed E-state index contributed by atoms with van der Waals surface area (Å²) in [6, 6.07) is 4.57. The Bertz CT molecular complexity index is 375. The van der Waals surface area contributed by atoms with Gasteiger partial charge in [0, 0.05) is 21.4 Å². The molecule has 0 unspecified atom stereocenters. The third-order valence-electron chi connectivity index (χ3n) is 1.86. The third-order valence-corrected chi connectivity index (χ3v) is 3.66. The van der Waals surface area contributed by atoms with Crippen molar-refractivity contribution in [2.75, 3.05) is 6.26 Å². The van der Waals surface area contributed by atoms with Crippen LogP contribution >= 0.6 is 23.1 Å². The molecule has 0 aliphatic rings. The van der Waals surface area contributed by atoms with Crippen molar-refractivity contribution >= 4 is 33.7 Å². The minimum Gasteiger partial charge on any atom is -0.275 e. The molecule has 1 aromatic rings. The highest BCUT2D eigenvalue weighted by Gasteiger charge is 2.08. The lowest BCUT2D eigenvalue weighted by atomic mass is 10.2. The van der Waals surface area contributed by atoms with Crippen molar-refractivity contribution in [1.29, 1.82) is 0 Å². The largest absolute Gasteiger partial charge is 0.275 e. The van der Waals surface area contributed by atoms with Crippen molar-refractivity contribution in [3.63, 3.8) is 0 Å². The fourth-order valence-electron chi connectivity index (χ4n) is 1.19. The molecule has 0 amide bonds. The van der Waals surface area contributed by atoms with E-state index >= 15 is 0 Å². The van der Waals surface area contributed by atoms with Crippen molar-refractivity contribution < 1.29 is 0 Å². The van der Waals surface area contributed by atoms with Crippen LogP contribution in [0, 0.1) is 6.92 Å². The maximum atomic E-state index is 4.57. The second-order valence-corrected chi connectivity index (χ2v) is 5.70. The van der Waals surface area contributed by atoms with Crippen LogP contribution in [0.1, 0.15) is 23.6 Å². The highest BCUT2D eigenvalue weighted by molar-refractivity contribution is 8.14. The average molecular weight is 239 g/mol. The zero-order valence-corrected chi connectivity index (χ0v) is 11.3. The van der Waals surface area contributed by atoms with Crippen molar-refractivity contribution in [3.8, 4) is 0 Å². The van der Waals surface area contributed by atoms with Crippen LogP contribution in [0.3, 0.4) is 0 Å². The first-order valence-corrected chi connectivity index (χ1v) is 6.96. The molecular formula is C12H17NS2. The molecule has 0 bridgehead atoms. The van der Waals surface area contributed by atoms with E-state index in [4.69, 9.17) is 0 Å². The summed E-state index contributed by atoms with van der Waals surface area (Å²) in [6.45, 7) is 10.4. The fraction of sp³-hybridized carbons (Fsp3) is 0.417. The lowest BCUT2D eigenvalue weighted by Gasteiger charge is -2.07. The van der Waals surface area contributed by atoms with Crippen molar-refractivity contribution in [3.05, 3.63) is 28.5 Å². The Morgan fingerprint density at radius 1 is 1.47 bits per heavy atom. The van der Waals surface area contributed by atoms with E-state index in [9.17, 15) is 0 Å². The van der Waals surface area contributed by atoms with Gasteiger partial charge in [0.15, 0.2) is 0 Å². The van der Waals surface area contributed by atoms with Crippen LogP contribution in [0.2, 0.25) is 0 Å². The molecule has 3 heteroatoms. The monoisotopic (exact) mass is 239 g/mol. The minimum atomic E-state index is 0.324. The first-order chi connectivity index (χ1) is 7.04. The normalized spacial score (nSPS) is 12.2. The second kappa shape index (κ2) is 5.52. The van der Waals surface area contributed by atoms with Gasteiger partial charge in [0.1, 0.15) is 0 Å². The Kier molecular flexibility index (Phi) is 4.61. The number of hydrogen-bond donors (Lipinski definition) is 0. The van der Waals surface area contributed by atoms with E-state index in [1.807, 2.05) is 6.26 Å². The summed E-state index contributed by atoms with van der Waals surface area (Å²) < 4.78 is 0. The zero-order chi connectivity index (χ0) is 11.4. The molecule has 0 radical (unpaired) electrons. The summed E-state index contributed by atoms with van der Waals surface area (Å²) in [5, 5.41) is 1.05. The summed E-state index contributed by atoms with van der Waals surface area (Å²) in [7, 11) is 0. The zero-order valence-electron chi connectivity index (χ0n) is 9.70. The Morgan fingerprint density at radius 3 is 2.53 bits per heavy atom. The van der Waals surface area contributed by atoms with Gasteiger partial charge in [0.25, 0.3) is 0 Å². The fourth-order valence-corrected chi connectivity index (χ4v) is 2.77. The third kappa shape index (κ3) is 3.50. The van der Waals surface area contributed by atoms with Gasteiger partial charge in [0.05, 0.1) is 5.04 Å². The molecule has 0 saturated carbocycles. The SMILES string of the molecule is C=C(C(=NC(C)C)SC)c1ccc(C)s1. The number of thiophene rings is 1. The molecule has 0 aliphatic heterocycles. The molecule has 1 aromatic heterocycles. The van der Waals surface area contributed by atoms with Crippen LogP contribution in [0.4, 0.5) is 0 Å². The van der Waals surface area contributed by atoms with E-state index in [-0.39, 0.29) is 0 Å². The predicted molar refractivity (Wildman–Crippen MR) is 74.2 cm³/mol. The highest BCUT2D eigenvalue weighted by Crippen LogP contribution is 2.26. The summed E-state index contributed by atoms with van der Waals surface area (Å²) in [5.74, 6) is 0. The first-order valence-electron chi connectivity index (χ1n) is 4.92. The molecule has 1 rings (SSSR count). The number of rotatable bonds is 3. The van der Waals surface area contributed by atoms with Gasteiger partial charge in [-0.2, -0.15) is 0 Å². The Balaban J connectivity index is 2.92. The van der Waals surface area contributed by atoms with Crippen LogP contribution in [0.15, 0.2) is 23.7 Å². The summed E-state index contributed by atoms with van der Waals surface area (Å²) >= 11 is 3.44. The maximum absolute atomic E-state index is 4.57. The van der Waals surface area contributed by atoms with Gasteiger partial charge in [-0.05, 0) is 39.2 Å². The molecule has 1 heterocycles. The molecule has 0 aromatic carbocycles. The van der Waals surface area contributed by atoms with E-state index in [0.717, 1.165) is 10.6 Å².